The van der Waals surface area contributed by atoms with E-state index in [0.29, 0.717) is 36.8 Å². The number of nitro benzene ring substituents is 1. The Kier molecular flexibility index (Phi) is 5.58. The summed E-state index contributed by atoms with van der Waals surface area (Å²) in [4.78, 5) is 30.6. The molecule has 1 heterocycles. The number of amides is 1. The van der Waals surface area contributed by atoms with Gasteiger partial charge in [-0.2, -0.15) is 0 Å². The molecule has 1 N–H and O–H groups in total. The van der Waals surface area contributed by atoms with E-state index in [1.165, 1.54) is 12.1 Å². The number of hydrogen-bond donors (Lipinski definition) is 1. The molecule has 1 saturated carbocycles. The normalized spacial score (nSPS) is 19.3. The van der Waals surface area contributed by atoms with Crippen LogP contribution in [0.25, 0.3) is 0 Å². The lowest BCUT2D eigenvalue weighted by molar-refractivity contribution is -0.385. The van der Waals surface area contributed by atoms with Crippen molar-refractivity contribution in [3.05, 3.63) is 57.7 Å². The van der Waals surface area contributed by atoms with Crippen molar-refractivity contribution in [3.8, 4) is 6.01 Å². The van der Waals surface area contributed by atoms with Crippen molar-refractivity contribution in [1.82, 2.24) is 15.3 Å². The Bertz CT molecular complexity index is 836. The minimum atomic E-state index is -0.523. The van der Waals surface area contributed by atoms with Crippen LogP contribution in [0.5, 0.6) is 6.01 Å². The van der Waals surface area contributed by atoms with Gasteiger partial charge >= 0.3 is 6.01 Å². The van der Waals surface area contributed by atoms with Gasteiger partial charge in [-0.3, -0.25) is 14.9 Å². The summed E-state index contributed by atoms with van der Waals surface area (Å²) in [5.74, 6) is -0.840. The summed E-state index contributed by atoms with van der Waals surface area (Å²) >= 11 is 0. The van der Waals surface area contributed by atoms with Crippen molar-refractivity contribution in [3.63, 3.8) is 0 Å². The fourth-order valence-electron chi connectivity index (χ4n) is 3.17. The van der Waals surface area contributed by atoms with E-state index in [4.69, 9.17) is 4.74 Å². The highest BCUT2D eigenvalue weighted by atomic mass is 19.1. The van der Waals surface area contributed by atoms with E-state index in [1.807, 2.05) is 0 Å². The van der Waals surface area contributed by atoms with Gasteiger partial charge in [-0.25, -0.2) is 14.4 Å². The Morgan fingerprint density at radius 2 is 1.93 bits per heavy atom. The lowest BCUT2D eigenvalue weighted by Crippen LogP contribution is -2.40. The molecule has 2 aromatic rings. The Hall–Kier alpha value is -3.10. The molecule has 1 aromatic carbocycles. The molecule has 0 unspecified atom stereocenters. The molecule has 0 aliphatic heterocycles. The predicted molar refractivity (Wildman–Crippen MR) is 94.0 cm³/mol. The fraction of sp³-hybridized carbons (Fsp3) is 0.389. The van der Waals surface area contributed by atoms with E-state index in [2.05, 4.69) is 15.3 Å². The summed E-state index contributed by atoms with van der Waals surface area (Å²) in [6.07, 6.45) is 4.80. The average Bonchev–Trinajstić information content (AvgIpc) is 2.65. The summed E-state index contributed by atoms with van der Waals surface area (Å²) in [5, 5.41) is 14.0. The van der Waals surface area contributed by atoms with Gasteiger partial charge in [0.2, 0.25) is 0 Å². The van der Waals surface area contributed by atoms with Crippen molar-refractivity contribution < 1.29 is 18.8 Å². The number of rotatable bonds is 5. The minimum Gasteiger partial charge on any atom is -0.460 e. The number of carbonyl (C=O) groups excluding carboxylic acids is 1. The number of aromatic nitrogens is 2. The Balaban J connectivity index is 1.54. The highest BCUT2D eigenvalue weighted by molar-refractivity contribution is 5.96. The van der Waals surface area contributed by atoms with Crippen LogP contribution < -0.4 is 10.1 Å². The maximum absolute atomic E-state index is 12.8. The molecule has 142 valence electrons. The highest BCUT2D eigenvalue weighted by Gasteiger charge is 2.26. The molecule has 3 rings (SSSR count). The van der Waals surface area contributed by atoms with Gasteiger partial charge in [0.05, 0.1) is 17.3 Å². The third-order valence-electron chi connectivity index (χ3n) is 4.62. The van der Waals surface area contributed by atoms with Gasteiger partial charge in [-0.1, -0.05) is 6.07 Å². The largest absolute Gasteiger partial charge is 0.460 e. The van der Waals surface area contributed by atoms with Crippen molar-refractivity contribution in [2.24, 2.45) is 0 Å². The van der Waals surface area contributed by atoms with Gasteiger partial charge in [0, 0.05) is 23.2 Å². The first-order valence-corrected chi connectivity index (χ1v) is 8.63. The number of nitrogens with zero attached hydrogens (tertiary/aromatic N) is 3. The number of nitro groups is 1. The van der Waals surface area contributed by atoms with Crippen molar-refractivity contribution in [1.29, 1.82) is 0 Å². The van der Waals surface area contributed by atoms with Gasteiger partial charge < -0.3 is 10.1 Å². The molecule has 1 amide bonds. The summed E-state index contributed by atoms with van der Waals surface area (Å²) in [6.45, 7) is 1.57. The molecule has 8 nitrogen and oxygen atoms in total. The molecule has 0 spiro atoms. The highest BCUT2D eigenvalue weighted by Crippen LogP contribution is 2.24. The topological polar surface area (TPSA) is 107 Å². The number of carbonyl (C=O) groups is 1. The van der Waals surface area contributed by atoms with Crippen LogP contribution in [0.1, 0.15) is 41.6 Å². The van der Waals surface area contributed by atoms with Crippen LogP contribution in [0.2, 0.25) is 0 Å². The van der Waals surface area contributed by atoms with E-state index in [1.54, 1.807) is 13.0 Å². The molecule has 1 aliphatic rings. The molecule has 0 bridgehead atoms. The van der Waals surface area contributed by atoms with E-state index in [-0.39, 0.29) is 29.8 Å². The first-order chi connectivity index (χ1) is 12.9. The quantitative estimate of drug-likeness (QED) is 0.637. The van der Waals surface area contributed by atoms with E-state index in [9.17, 15) is 19.3 Å². The zero-order chi connectivity index (χ0) is 19.4. The van der Waals surface area contributed by atoms with Crippen LogP contribution in [-0.2, 0) is 0 Å². The van der Waals surface area contributed by atoms with Crippen LogP contribution in [0, 0.1) is 22.9 Å². The summed E-state index contributed by atoms with van der Waals surface area (Å²) in [5.41, 5.74) is 0.590. The molecular formula is C18H19FN4O4. The zero-order valence-corrected chi connectivity index (χ0v) is 14.7. The lowest BCUT2D eigenvalue weighted by atomic mass is 9.92. The van der Waals surface area contributed by atoms with Gasteiger partial charge in [-0.05, 0) is 38.7 Å². The van der Waals surface area contributed by atoms with Gasteiger partial charge in [-0.15, -0.1) is 0 Å². The Morgan fingerprint density at radius 3 is 2.56 bits per heavy atom. The molecule has 27 heavy (non-hydrogen) atoms. The summed E-state index contributed by atoms with van der Waals surface area (Å²) in [7, 11) is 0. The Morgan fingerprint density at radius 1 is 1.26 bits per heavy atom. The van der Waals surface area contributed by atoms with Crippen LogP contribution in [0.4, 0.5) is 10.1 Å². The third-order valence-corrected chi connectivity index (χ3v) is 4.62. The number of halogens is 1. The molecule has 0 saturated heterocycles. The van der Waals surface area contributed by atoms with Crippen molar-refractivity contribution >= 4 is 11.6 Å². The van der Waals surface area contributed by atoms with Gasteiger partial charge in [0.1, 0.15) is 6.10 Å². The second-order valence-electron chi connectivity index (χ2n) is 6.46. The number of benzene rings is 1. The standard InChI is InChI=1S/C18H19FN4O4/c1-11-15(3-2-4-16(11)23(25)26)17(24)22-13-5-7-14(8-6-13)27-18-20-9-12(19)10-21-18/h2-4,9-10,13-14H,5-8H2,1H3,(H,22,24). The van der Waals surface area contributed by atoms with Gasteiger partial charge in [0.15, 0.2) is 5.82 Å². The second-order valence-corrected chi connectivity index (χ2v) is 6.46. The fourth-order valence-corrected chi connectivity index (χ4v) is 3.17. The van der Waals surface area contributed by atoms with Crippen LogP contribution in [0.15, 0.2) is 30.6 Å². The van der Waals surface area contributed by atoms with E-state index < -0.39 is 10.7 Å². The van der Waals surface area contributed by atoms with Crippen LogP contribution in [0.3, 0.4) is 0 Å². The molecule has 1 aromatic heterocycles. The molecule has 0 radical (unpaired) electrons. The maximum atomic E-state index is 12.8. The minimum absolute atomic E-state index is 0.0369. The smallest absolute Gasteiger partial charge is 0.316 e. The number of hydrogen-bond acceptors (Lipinski definition) is 6. The predicted octanol–water partition coefficient (Wildman–Crippen LogP) is 2.95. The molecule has 1 fully saturated rings. The average molecular weight is 374 g/mol. The molecule has 0 atom stereocenters. The van der Waals surface area contributed by atoms with Crippen molar-refractivity contribution in [2.45, 2.75) is 44.8 Å². The third kappa shape index (κ3) is 4.55. The Labute approximate surface area is 154 Å². The zero-order valence-electron chi connectivity index (χ0n) is 14.7. The maximum Gasteiger partial charge on any atom is 0.316 e. The molecular weight excluding hydrogens is 355 g/mol. The monoisotopic (exact) mass is 374 g/mol. The van der Waals surface area contributed by atoms with E-state index >= 15 is 0 Å². The first-order valence-electron chi connectivity index (χ1n) is 8.63. The number of ether oxygens (including phenoxy) is 1. The van der Waals surface area contributed by atoms with Crippen LogP contribution in [-0.4, -0.2) is 32.9 Å². The van der Waals surface area contributed by atoms with E-state index in [0.717, 1.165) is 12.4 Å². The van der Waals surface area contributed by atoms with Gasteiger partial charge in [0.25, 0.3) is 11.6 Å². The first kappa shape index (κ1) is 18.7. The summed E-state index contributed by atoms with van der Waals surface area (Å²) < 4.78 is 18.5. The summed E-state index contributed by atoms with van der Waals surface area (Å²) in [6, 6.07) is 4.57. The van der Waals surface area contributed by atoms with Crippen LogP contribution >= 0.6 is 0 Å². The molecule has 1 aliphatic carbocycles. The number of nitrogens with one attached hydrogen (secondary N) is 1. The van der Waals surface area contributed by atoms with Crippen molar-refractivity contribution in [2.75, 3.05) is 0 Å². The lowest BCUT2D eigenvalue weighted by Gasteiger charge is -2.29. The second kappa shape index (κ2) is 8.07. The SMILES string of the molecule is Cc1c(C(=O)NC2CCC(Oc3ncc(F)cn3)CC2)cccc1[N+](=O)[O-]. The molecule has 9 heteroatoms.